The van der Waals surface area contributed by atoms with Gasteiger partial charge in [0.1, 0.15) is 42.7 Å². The van der Waals surface area contributed by atoms with E-state index < -0.39 is 86.3 Å². The molecular formula is C29H36O16. The Bertz CT molecular complexity index is 1320. The molecule has 248 valence electrons. The summed E-state index contributed by atoms with van der Waals surface area (Å²) in [7, 11) is 0. The lowest BCUT2D eigenvalue weighted by Gasteiger charge is -2.43. The minimum Gasteiger partial charge on any atom is -0.504 e. The summed E-state index contributed by atoms with van der Waals surface area (Å²) in [6, 6.07) is 7.91. The van der Waals surface area contributed by atoms with Crippen molar-refractivity contribution in [1.82, 2.24) is 0 Å². The van der Waals surface area contributed by atoms with Crippen molar-refractivity contribution in [3.05, 3.63) is 53.6 Å². The SMILES string of the molecule is O=C(/C=C/c1ccc(O)c(O)c1)O[C@H]1[C@H](O)[C@@H](O)[C@H](OCCc2ccc(O)c(O)c2)O[C@@H]1CO[C@@H]1O[C@H](CO)[C@@H](O)[C@H](O)[C@H]1O. The zero-order valence-electron chi connectivity index (χ0n) is 23.6. The highest BCUT2D eigenvalue weighted by Gasteiger charge is 2.49. The van der Waals surface area contributed by atoms with E-state index in [-0.39, 0.29) is 30.3 Å². The van der Waals surface area contributed by atoms with Crippen molar-refractivity contribution in [2.45, 2.75) is 67.8 Å². The van der Waals surface area contributed by atoms with Crippen LogP contribution >= 0.6 is 0 Å². The summed E-state index contributed by atoms with van der Waals surface area (Å²) in [5, 5.41) is 99.8. The molecule has 0 saturated carbocycles. The number of esters is 1. The van der Waals surface area contributed by atoms with E-state index in [0.717, 1.165) is 6.08 Å². The number of ether oxygens (including phenoxy) is 5. The molecule has 2 aliphatic heterocycles. The molecule has 2 aromatic carbocycles. The molecule has 2 heterocycles. The Hall–Kier alpha value is -3.55. The molecule has 2 aliphatic rings. The molecule has 2 aromatic rings. The van der Waals surface area contributed by atoms with Crippen molar-refractivity contribution in [1.29, 1.82) is 0 Å². The number of phenolic OH excluding ortho intramolecular Hbond substituents is 4. The largest absolute Gasteiger partial charge is 0.504 e. The maximum Gasteiger partial charge on any atom is 0.331 e. The van der Waals surface area contributed by atoms with Gasteiger partial charge in [-0.1, -0.05) is 12.1 Å². The molecule has 0 aliphatic carbocycles. The molecule has 45 heavy (non-hydrogen) atoms. The van der Waals surface area contributed by atoms with E-state index in [9.17, 15) is 55.9 Å². The average molecular weight is 641 g/mol. The number of carbonyl (C=O) groups excluding carboxylic acids is 1. The Morgan fingerprint density at radius 3 is 2.02 bits per heavy atom. The third-order valence-corrected chi connectivity index (χ3v) is 7.29. The first kappa shape index (κ1) is 34.3. The van der Waals surface area contributed by atoms with Crippen LogP contribution in [0.1, 0.15) is 11.1 Å². The Kier molecular flexibility index (Phi) is 11.6. The minimum absolute atomic E-state index is 0.0916. The molecule has 0 amide bonds. The zero-order chi connectivity index (χ0) is 32.8. The average Bonchev–Trinajstić information content (AvgIpc) is 3.01. The molecule has 0 unspecified atom stereocenters. The number of hydrogen-bond acceptors (Lipinski definition) is 16. The first-order valence-electron chi connectivity index (χ1n) is 13.9. The predicted octanol–water partition coefficient (Wildman–Crippen LogP) is -2.04. The Balaban J connectivity index is 1.46. The van der Waals surface area contributed by atoms with Gasteiger partial charge in [0.2, 0.25) is 0 Å². The fourth-order valence-electron chi connectivity index (χ4n) is 4.72. The van der Waals surface area contributed by atoms with Crippen molar-refractivity contribution in [2.24, 2.45) is 0 Å². The zero-order valence-corrected chi connectivity index (χ0v) is 23.6. The van der Waals surface area contributed by atoms with Crippen LogP contribution < -0.4 is 0 Å². The topological polar surface area (TPSA) is 266 Å². The van der Waals surface area contributed by atoms with Gasteiger partial charge in [-0.15, -0.1) is 0 Å². The highest BCUT2D eigenvalue weighted by atomic mass is 16.7. The number of benzene rings is 2. The fourth-order valence-corrected chi connectivity index (χ4v) is 4.72. The van der Waals surface area contributed by atoms with E-state index in [4.69, 9.17) is 23.7 Å². The number of aliphatic hydroxyl groups is 6. The molecular weight excluding hydrogens is 604 g/mol. The van der Waals surface area contributed by atoms with Gasteiger partial charge < -0.3 is 74.7 Å². The molecule has 0 spiro atoms. The van der Waals surface area contributed by atoms with E-state index in [1.165, 1.54) is 42.5 Å². The quantitative estimate of drug-likeness (QED) is 0.0720. The van der Waals surface area contributed by atoms with Crippen molar-refractivity contribution in [2.75, 3.05) is 19.8 Å². The lowest BCUT2D eigenvalue weighted by molar-refractivity contribution is -0.331. The monoisotopic (exact) mass is 640 g/mol. The maximum atomic E-state index is 12.7. The normalized spacial score (nSPS) is 32.0. The molecule has 2 fully saturated rings. The lowest BCUT2D eigenvalue weighted by atomic mass is 9.98. The summed E-state index contributed by atoms with van der Waals surface area (Å²) in [5.74, 6) is -2.46. The molecule has 16 heteroatoms. The van der Waals surface area contributed by atoms with Gasteiger partial charge in [-0.3, -0.25) is 0 Å². The number of hydrogen-bond donors (Lipinski definition) is 10. The van der Waals surface area contributed by atoms with Crippen LogP contribution in [0.15, 0.2) is 42.5 Å². The predicted molar refractivity (Wildman–Crippen MR) is 149 cm³/mol. The van der Waals surface area contributed by atoms with Crippen LogP contribution in [0.5, 0.6) is 23.0 Å². The number of rotatable bonds is 11. The van der Waals surface area contributed by atoms with Gasteiger partial charge in [0, 0.05) is 6.08 Å². The van der Waals surface area contributed by atoms with Gasteiger partial charge in [-0.05, 0) is 47.9 Å². The van der Waals surface area contributed by atoms with Crippen molar-refractivity contribution in [3.63, 3.8) is 0 Å². The summed E-state index contributed by atoms with van der Waals surface area (Å²) < 4.78 is 27.6. The van der Waals surface area contributed by atoms with Crippen LogP contribution in [0.2, 0.25) is 0 Å². The van der Waals surface area contributed by atoms with Crippen LogP contribution in [0.3, 0.4) is 0 Å². The van der Waals surface area contributed by atoms with Gasteiger partial charge in [-0.25, -0.2) is 4.79 Å². The molecule has 10 atom stereocenters. The maximum absolute atomic E-state index is 12.7. The van der Waals surface area contributed by atoms with Crippen LogP contribution in [0, 0.1) is 0 Å². The fraction of sp³-hybridized carbons (Fsp3) is 0.483. The third kappa shape index (κ3) is 8.39. The van der Waals surface area contributed by atoms with Crippen molar-refractivity contribution < 1.29 is 79.5 Å². The van der Waals surface area contributed by atoms with Gasteiger partial charge in [0.05, 0.1) is 19.8 Å². The summed E-state index contributed by atoms with van der Waals surface area (Å²) in [6.45, 7) is -1.38. The van der Waals surface area contributed by atoms with Crippen molar-refractivity contribution in [3.8, 4) is 23.0 Å². The van der Waals surface area contributed by atoms with Gasteiger partial charge >= 0.3 is 5.97 Å². The van der Waals surface area contributed by atoms with Crippen LogP contribution in [-0.4, -0.2) is 138 Å². The van der Waals surface area contributed by atoms with Gasteiger partial charge in [0.25, 0.3) is 0 Å². The standard InChI is InChI=1S/C29H36O16/c30-11-19-22(36)23(37)25(39)29(43-19)42-12-20-27(45-21(35)6-3-13-1-4-15(31)17(33)9-13)24(38)26(40)28(44-20)41-8-7-14-2-5-16(32)18(34)10-14/h1-6,9-10,19-20,22-34,36-40H,7-8,11-12H2/b6-3+/t19-,20-,22-,23+,24-,25-,26-,27-,28-,29-/m1/s1. The third-order valence-electron chi connectivity index (χ3n) is 7.29. The minimum atomic E-state index is -1.79. The Labute approximate surface area is 256 Å². The number of carbonyl (C=O) groups is 1. The smallest absolute Gasteiger partial charge is 0.331 e. The van der Waals surface area contributed by atoms with E-state index in [0.29, 0.717) is 11.1 Å². The van der Waals surface area contributed by atoms with Gasteiger partial charge in [-0.2, -0.15) is 0 Å². The van der Waals surface area contributed by atoms with Crippen LogP contribution in [-0.2, 0) is 34.9 Å². The Morgan fingerprint density at radius 2 is 1.36 bits per heavy atom. The number of aliphatic hydroxyl groups excluding tert-OH is 6. The molecule has 2 saturated heterocycles. The number of aromatic hydroxyl groups is 4. The first-order valence-corrected chi connectivity index (χ1v) is 13.9. The summed E-state index contributed by atoms with van der Waals surface area (Å²) >= 11 is 0. The molecule has 4 rings (SSSR count). The van der Waals surface area contributed by atoms with Crippen molar-refractivity contribution >= 4 is 12.0 Å². The van der Waals surface area contributed by atoms with E-state index in [1.807, 2.05) is 0 Å². The number of phenols is 4. The van der Waals surface area contributed by atoms with Crippen LogP contribution in [0.25, 0.3) is 6.08 Å². The summed E-state index contributed by atoms with van der Waals surface area (Å²) in [6.07, 6.45) is -13.6. The Morgan fingerprint density at radius 1 is 0.733 bits per heavy atom. The van der Waals surface area contributed by atoms with E-state index in [1.54, 1.807) is 0 Å². The molecule has 16 nitrogen and oxygen atoms in total. The molecule has 10 N–H and O–H groups in total. The van der Waals surface area contributed by atoms with E-state index >= 15 is 0 Å². The second-order valence-electron chi connectivity index (χ2n) is 10.5. The second-order valence-corrected chi connectivity index (χ2v) is 10.5. The van der Waals surface area contributed by atoms with Gasteiger partial charge in [0.15, 0.2) is 41.7 Å². The highest BCUT2D eigenvalue weighted by Crippen LogP contribution is 2.29. The van der Waals surface area contributed by atoms with Crippen LogP contribution in [0.4, 0.5) is 0 Å². The summed E-state index contributed by atoms with van der Waals surface area (Å²) in [4.78, 5) is 12.7. The van der Waals surface area contributed by atoms with E-state index in [2.05, 4.69) is 0 Å². The molecule has 0 radical (unpaired) electrons. The highest BCUT2D eigenvalue weighted by molar-refractivity contribution is 5.87. The molecule has 0 bridgehead atoms. The summed E-state index contributed by atoms with van der Waals surface area (Å²) in [5.41, 5.74) is 0.889. The second kappa shape index (κ2) is 15.2. The molecule has 0 aromatic heterocycles. The first-order chi connectivity index (χ1) is 21.4. The lowest BCUT2D eigenvalue weighted by Crippen LogP contribution is -2.62.